The van der Waals surface area contributed by atoms with Crippen LogP contribution in [0.5, 0.6) is 5.75 Å². The second-order valence-electron chi connectivity index (χ2n) is 20.1. The first-order chi connectivity index (χ1) is 32.7. The number of aromatic nitrogens is 3. The summed E-state index contributed by atoms with van der Waals surface area (Å²) in [4.78, 5) is 59.4. The van der Waals surface area contributed by atoms with Crippen molar-refractivity contribution in [3.63, 3.8) is 0 Å². The summed E-state index contributed by atoms with van der Waals surface area (Å²) >= 11 is 0. The molecule has 20 nitrogen and oxygen atoms in total. The average molecular weight is 1000 g/mol. The number of halogens is 1. The van der Waals surface area contributed by atoms with Crippen molar-refractivity contribution in [2.75, 3.05) is 71.8 Å². The molecule has 4 aromatic rings. The molecule has 1 fully saturated rings. The van der Waals surface area contributed by atoms with Gasteiger partial charge in [0.05, 0.1) is 73.8 Å². The van der Waals surface area contributed by atoms with Gasteiger partial charge in [0.15, 0.2) is 15.7 Å². The summed E-state index contributed by atoms with van der Waals surface area (Å²) in [5.41, 5.74) is 5.79. The Bertz CT molecular complexity index is 2590. The van der Waals surface area contributed by atoms with Gasteiger partial charge in [-0.15, -0.1) is 0 Å². The van der Waals surface area contributed by atoms with Crippen molar-refractivity contribution < 1.29 is 60.4 Å². The van der Waals surface area contributed by atoms with Crippen LogP contribution in [0.2, 0.25) is 0 Å². The molecule has 1 unspecified atom stereocenters. The largest absolute Gasteiger partial charge is 0.490 e. The molecule has 0 saturated carbocycles. The zero-order chi connectivity index (χ0) is 51.8. The van der Waals surface area contributed by atoms with Gasteiger partial charge in [-0.25, -0.2) is 17.6 Å². The molecule has 1 aliphatic heterocycles. The molecule has 0 bridgehead atoms. The van der Waals surface area contributed by atoms with Crippen molar-refractivity contribution >= 4 is 67.0 Å². The number of likely N-dealkylation sites (tertiary alicyclic amines) is 1. The first kappa shape index (κ1) is 55.2. The minimum absolute atomic E-state index is 0.0179. The number of hydrogen-bond acceptors (Lipinski definition) is 15. The van der Waals surface area contributed by atoms with E-state index in [-0.39, 0.29) is 76.5 Å². The van der Waals surface area contributed by atoms with Crippen LogP contribution in [-0.2, 0) is 47.9 Å². The number of sulfone groups is 1. The van der Waals surface area contributed by atoms with Crippen LogP contribution in [0.15, 0.2) is 47.5 Å². The number of nitrogens with two attached hydrogens (primary N) is 1. The molecular weight excluding hydrogens is 932 g/mol. The predicted octanol–water partition coefficient (Wildman–Crippen LogP) is 5.25. The SMILES string of the molecule is C[C@@H](C(=O)NC(C(=O)N1C[C@@H](OCCOCCOCCOCCOc2cc3nccc(Nc4n[nH]c5ccc(F)cc45)c3cc2S(=O)(=O)C(C)(C)C)C[C@H]1C(N)=O)C(C)(C)C)N(C)C(=O)OC(C)(C)C. The van der Waals surface area contributed by atoms with Gasteiger partial charge in [0.2, 0.25) is 17.7 Å². The molecule has 3 heterocycles. The topological polar surface area (TPSA) is 256 Å². The smallest absolute Gasteiger partial charge is 0.410 e. The first-order valence-corrected chi connectivity index (χ1v) is 24.6. The van der Waals surface area contributed by atoms with E-state index in [4.69, 9.17) is 34.2 Å². The number of fused-ring (bicyclic) bond motifs is 2. The van der Waals surface area contributed by atoms with Gasteiger partial charge in [-0.3, -0.25) is 29.4 Å². The van der Waals surface area contributed by atoms with Crippen molar-refractivity contribution in [1.29, 1.82) is 0 Å². The molecule has 70 heavy (non-hydrogen) atoms. The number of pyridine rings is 1. The number of ether oxygens (including phenoxy) is 6. The Morgan fingerprint density at radius 1 is 0.900 bits per heavy atom. The standard InChI is InChI=1S/C48H69FN8O12S/c1-29(56(11)45(61)69-47(5,6)7)43(59)53-40(46(2,3)4)44(60)57-28-31(25-37(57)41(50)58)67-22-20-65-18-16-64-17-19-66-21-23-68-38-27-36-32(26-39(38)70(62,63)48(8,9)10)34(14-15-51-36)52-42-33-24-30(49)12-13-35(33)54-55-42/h12-15,24,26-27,29,31,37,40H,16-23,25,28H2,1-11H3,(H2,50,58)(H,53,59)(H2,51,52,54,55)/t29-,31-,37-,40?/m0/s1. The van der Waals surface area contributed by atoms with Crippen LogP contribution in [-0.4, -0.2) is 158 Å². The Hall–Kier alpha value is -5.68. The van der Waals surface area contributed by atoms with Crippen LogP contribution in [0.3, 0.4) is 0 Å². The second-order valence-corrected chi connectivity index (χ2v) is 22.7. The van der Waals surface area contributed by atoms with E-state index in [0.29, 0.717) is 33.3 Å². The van der Waals surface area contributed by atoms with Crippen LogP contribution in [0.4, 0.5) is 20.7 Å². The van der Waals surface area contributed by atoms with Crippen molar-refractivity contribution in [2.45, 2.75) is 115 Å². The van der Waals surface area contributed by atoms with Gasteiger partial charge in [0.1, 0.15) is 46.8 Å². The Morgan fingerprint density at radius 3 is 2.13 bits per heavy atom. The molecular formula is C48H69FN8O12S. The summed E-state index contributed by atoms with van der Waals surface area (Å²) in [6.07, 6.45) is 0.531. The number of H-pyrrole nitrogens is 1. The Morgan fingerprint density at radius 2 is 1.53 bits per heavy atom. The minimum atomic E-state index is -3.91. The van der Waals surface area contributed by atoms with E-state index in [1.807, 2.05) is 0 Å². The van der Waals surface area contributed by atoms with Crippen LogP contribution >= 0.6 is 0 Å². The number of carbonyl (C=O) groups is 4. The highest BCUT2D eigenvalue weighted by molar-refractivity contribution is 7.92. The number of benzene rings is 2. The monoisotopic (exact) mass is 1000 g/mol. The second kappa shape index (κ2) is 23.0. The zero-order valence-corrected chi connectivity index (χ0v) is 42.8. The van der Waals surface area contributed by atoms with Gasteiger partial charge in [0, 0.05) is 43.0 Å². The van der Waals surface area contributed by atoms with Gasteiger partial charge in [0.25, 0.3) is 0 Å². The number of likely N-dealkylation sites (N-methyl/N-ethyl adjacent to an activating group) is 1. The van der Waals surface area contributed by atoms with Crippen molar-refractivity contribution in [3.8, 4) is 5.75 Å². The summed E-state index contributed by atoms with van der Waals surface area (Å²) in [7, 11) is -2.47. The molecule has 1 saturated heterocycles. The summed E-state index contributed by atoms with van der Waals surface area (Å²) in [6, 6.07) is 6.07. The van der Waals surface area contributed by atoms with Crippen molar-refractivity contribution in [3.05, 3.63) is 48.4 Å². The Kier molecular flexibility index (Phi) is 18.2. The lowest BCUT2D eigenvalue weighted by Gasteiger charge is -2.36. The predicted molar refractivity (Wildman–Crippen MR) is 260 cm³/mol. The fourth-order valence-electron chi connectivity index (χ4n) is 7.33. The average Bonchev–Trinajstić information content (AvgIpc) is 3.88. The molecule has 2 aromatic carbocycles. The molecule has 4 atom stereocenters. The van der Waals surface area contributed by atoms with E-state index >= 15 is 0 Å². The number of nitrogens with zero attached hydrogens (tertiary/aromatic N) is 4. The highest BCUT2D eigenvalue weighted by Gasteiger charge is 2.45. The molecule has 0 spiro atoms. The Labute approximate surface area is 408 Å². The lowest BCUT2D eigenvalue weighted by molar-refractivity contribution is -0.144. The van der Waals surface area contributed by atoms with Crippen LogP contribution < -0.4 is 21.1 Å². The maximum absolute atomic E-state index is 14.1. The van der Waals surface area contributed by atoms with Gasteiger partial charge >= 0.3 is 6.09 Å². The van der Waals surface area contributed by atoms with Crippen LogP contribution in [0.25, 0.3) is 21.8 Å². The third-order valence-corrected chi connectivity index (χ3v) is 13.9. The molecule has 5 N–H and O–H groups in total. The molecule has 0 aliphatic carbocycles. The van der Waals surface area contributed by atoms with Gasteiger partial charge in [-0.05, 0) is 84.2 Å². The third-order valence-electron chi connectivity index (χ3n) is 11.4. The number of carbonyl (C=O) groups excluding carboxylic acids is 4. The molecule has 1 aliphatic rings. The molecule has 5 rings (SSSR count). The molecule has 0 radical (unpaired) electrons. The maximum Gasteiger partial charge on any atom is 0.410 e. The number of primary amides is 1. The highest BCUT2D eigenvalue weighted by Crippen LogP contribution is 2.38. The molecule has 22 heteroatoms. The normalized spacial score (nSPS) is 16.5. The summed E-state index contributed by atoms with van der Waals surface area (Å²) < 4.78 is 74.9. The van der Waals surface area contributed by atoms with Gasteiger partial charge in [-0.2, -0.15) is 5.10 Å². The van der Waals surface area contributed by atoms with E-state index in [2.05, 4.69) is 25.8 Å². The van der Waals surface area contributed by atoms with Crippen molar-refractivity contribution in [2.24, 2.45) is 11.1 Å². The van der Waals surface area contributed by atoms with E-state index in [1.54, 1.807) is 86.7 Å². The third kappa shape index (κ3) is 14.2. The Balaban J connectivity index is 1.03. The fraction of sp³-hybridized carbons (Fsp3) is 0.583. The summed E-state index contributed by atoms with van der Waals surface area (Å²) in [6.45, 7) is 18.5. The number of anilines is 2. The van der Waals surface area contributed by atoms with E-state index in [9.17, 15) is 32.0 Å². The van der Waals surface area contributed by atoms with E-state index in [0.717, 1.165) is 4.90 Å². The van der Waals surface area contributed by atoms with Crippen molar-refractivity contribution in [1.82, 2.24) is 30.3 Å². The fourth-order valence-corrected chi connectivity index (χ4v) is 8.64. The number of aromatic amines is 1. The number of rotatable bonds is 22. The summed E-state index contributed by atoms with van der Waals surface area (Å²) in [5.74, 6) is -1.71. The van der Waals surface area contributed by atoms with Crippen LogP contribution in [0, 0.1) is 11.2 Å². The lowest BCUT2D eigenvalue weighted by atomic mass is 9.85. The number of hydrogen-bond donors (Lipinski definition) is 4. The molecule has 2 aromatic heterocycles. The van der Waals surface area contributed by atoms with Gasteiger partial charge < -0.3 is 49.7 Å². The van der Waals surface area contributed by atoms with E-state index in [1.165, 1.54) is 37.1 Å². The minimum Gasteiger partial charge on any atom is -0.490 e. The summed E-state index contributed by atoms with van der Waals surface area (Å²) in [5, 5.41) is 14.1. The lowest BCUT2D eigenvalue weighted by Crippen LogP contribution is -2.60. The molecule has 4 amide bonds. The molecule has 386 valence electrons. The zero-order valence-electron chi connectivity index (χ0n) is 42.0. The quantitative estimate of drug-likeness (QED) is 0.0734. The number of nitrogens with one attached hydrogen (secondary N) is 3. The number of amides is 4. The van der Waals surface area contributed by atoms with Gasteiger partial charge in [-0.1, -0.05) is 20.8 Å². The maximum atomic E-state index is 14.1. The highest BCUT2D eigenvalue weighted by atomic mass is 32.2. The van der Waals surface area contributed by atoms with Crippen LogP contribution in [0.1, 0.15) is 75.7 Å². The van der Waals surface area contributed by atoms with E-state index < -0.39 is 79.5 Å². The first-order valence-electron chi connectivity index (χ1n) is 23.1.